The Hall–Kier alpha value is -2.09. The molecule has 0 aliphatic carbocycles. The molecule has 2 saturated heterocycles. The average molecular weight is 397 g/mol. The van der Waals surface area contributed by atoms with Crippen molar-refractivity contribution in [2.45, 2.75) is 31.9 Å². The van der Waals surface area contributed by atoms with Crippen LogP contribution in [0.3, 0.4) is 0 Å². The summed E-state index contributed by atoms with van der Waals surface area (Å²) in [6.45, 7) is 4.19. The molecule has 3 rings (SSSR count). The molecule has 0 spiro atoms. The number of hydrogen-bond acceptors (Lipinski definition) is 3. The lowest BCUT2D eigenvalue weighted by atomic mass is 9.96. The maximum atomic E-state index is 12.8. The second kappa shape index (κ2) is 8.94. The van der Waals surface area contributed by atoms with Crippen molar-refractivity contribution in [1.82, 2.24) is 15.1 Å². The Morgan fingerprint density at radius 3 is 2.39 bits per heavy atom. The van der Waals surface area contributed by atoms with Gasteiger partial charge in [0, 0.05) is 25.2 Å². The van der Waals surface area contributed by atoms with E-state index in [1.165, 1.54) is 12.1 Å². The van der Waals surface area contributed by atoms with E-state index < -0.39 is 17.6 Å². The second-order valence-corrected chi connectivity index (χ2v) is 7.60. The van der Waals surface area contributed by atoms with Crippen LogP contribution in [0.25, 0.3) is 0 Å². The molecule has 2 aliphatic heterocycles. The quantitative estimate of drug-likeness (QED) is 0.831. The molecular formula is C20H26F3N3O2. The summed E-state index contributed by atoms with van der Waals surface area (Å²) in [5, 5.41) is 2.75. The minimum absolute atomic E-state index is 0.0171. The zero-order valence-electron chi connectivity index (χ0n) is 15.8. The summed E-state index contributed by atoms with van der Waals surface area (Å²) in [6.07, 6.45) is -0.583. The number of carbonyl (C=O) groups excluding carboxylic acids is 2. The van der Waals surface area contributed by atoms with Gasteiger partial charge < -0.3 is 10.2 Å². The number of rotatable bonds is 5. The normalized spacial score (nSPS) is 19.0. The van der Waals surface area contributed by atoms with Crippen LogP contribution in [0, 0.1) is 5.92 Å². The summed E-state index contributed by atoms with van der Waals surface area (Å²) in [5.41, 5.74) is -0.806. The minimum atomic E-state index is -4.46. The molecule has 0 saturated carbocycles. The zero-order valence-corrected chi connectivity index (χ0v) is 15.8. The lowest BCUT2D eigenvalue weighted by molar-refractivity contribution is -0.137. The molecule has 154 valence electrons. The Kier molecular flexibility index (Phi) is 6.59. The molecule has 1 N–H and O–H groups in total. The van der Waals surface area contributed by atoms with Crippen molar-refractivity contribution in [3.8, 4) is 0 Å². The van der Waals surface area contributed by atoms with Gasteiger partial charge in [-0.25, -0.2) is 0 Å². The highest BCUT2D eigenvalue weighted by Crippen LogP contribution is 2.29. The van der Waals surface area contributed by atoms with Crippen LogP contribution in [0.1, 0.15) is 41.6 Å². The lowest BCUT2D eigenvalue weighted by Gasteiger charge is -2.32. The van der Waals surface area contributed by atoms with Crippen molar-refractivity contribution in [2.75, 3.05) is 39.3 Å². The van der Waals surface area contributed by atoms with E-state index in [2.05, 4.69) is 10.2 Å². The first-order valence-corrected chi connectivity index (χ1v) is 9.78. The first-order chi connectivity index (χ1) is 13.3. The third-order valence-corrected chi connectivity index (χ3v) is 5.53. The van der Waals surface area contributed by atoms with Crippen LogP contribution < -0.4 is 5.32 Å². The van der Waals surface area contributed by atoms with Gasteiger partial charge in [-0.2, -0.15) is 13.2 Å². The fraction of sp³-hybridized carbons (Fsp3) is 0.600. The molecule has 1 aromatic rings. The Morgan fingerprint density at radius 2 is 1.75 bits per heavy atom. The van der Waals surface area contributed by atoms with Crippen molar-refractivity contribution in [3.63, 3.8) is 0 Å². The summed E-state index contributed by atoms with van der Waals surface area (Å²) in [5.74, 6) is -0.0283. The number of hydrogen-bond donors (Lipinski definition) is 1. The summed E-state index contributed by atoms with van der Waals surface area (Å²) in [7, 11) is 0. The van der Waals surface area contributed by atoms with E-state index in [1.54, 1.807) is 0 Å². The highest BCUT2D eigenvalue weighted by atomic mass is 19.4. The summed E-state index contributed by atoms with van der Waals surface area (Å²) in [4.78, 5) is 28.5. The minimum Gasteiger partial charge on any atom is -0.352 e. The molecule has 0 bridgehead atoms. The Morgan fingerprint density at radius 1 is 1.07 bits per heavy atom. The van der Waals surface area contributed by atoms with Crippen LogP contribution in [-0.2, 0) is 11.0 Å². The molecule has 0 radical (unpaired) electrons. The van der Waals surface area contributed by atoms with Crippen molar-refractivity contribution >= 4 is 11.8 Å². The van der Waals surface area contributed by atoms with Gasteiger partial charge in [0.2, 0.25) is 5.91 Å². The summed E-state index contributed by atoms with van der Waals surface area (Å²) < 4.78 is 38.3. The molecule has 8 heteroatoms. The molecule has 0 unspecified atom stereocenters. The molecule has 28 heavy (non-hydrogen) atoms. The number of benzene rings is 1. The van der Waals surface area contributed by atoms with E-state index in [-0.39, 0.29) is 17.4 Å². The predicted octanol–water partition coefficient (Wildman–Crippen LogP) is 2.77. The van der Waals surface area contributed by atoms with Crippen molar-refractivity contribution in [1.29, 1.82) is 0 Å². The molecule has 2 heterocycles. The molecule has 2 fully saturated rings. The maximum absolute atomic E-state index is 12.8. The number of amides is 2. The van der Waals surface area contributed by atoms with Gasteiger partial charge in [-0.1, -0.05) is 6.07 Å². The van der Waals surface area contributed by atoms with E-state index >= 15 is 0 Å². The van der Waals surface area contributed by atoms with Crippen LogP contribution >= 0.6 is 0 Å². The fourth-order valence-corrected chi connectivity index (χ4v) is 3.78. The van der Waals surface area contributed by atoms with Gasteiger partial charge in [-0.15, -0.1) is 0 Å². The lowest BCUT2D eigenvalue weighted by Crippen LogP contribution is -2.44. The van der Waals surface area contributed by atoms with E-state index in [9.17, 15) is 22.8 Å². The number of nitrogens with zero attached hydrogens (tertiary/aromatic N) is 2. The van der Waals surface area contributed by atoms with Gasteiger partial charge >= 0.3 is 6.18 Å². The zero-order chi connectivity index (χ0) is 20.1. The van der Waals surface area contributed by atoms with Crippen molar-refractivity contribution < 1.29 is 22.8 Å². The monoisotopic (exact) mass is 397 g/mol. The van der Waals surface area contributed by atoms with Gasteiger partial charge in [0.15, 0.2) is 0 Å². The molecule has 1 aromatic carbocycles. The van der Waals surface area contributed by atoms with Gasteiger partial charge in [-0.3, -0.25) is 14.5 Å². The summed E-state index contributed by atoms with van der Waals surface area (Å²) >= 11 is 0. The van der Waals surface area contributed by atoms with Crippen molar-refractivity contribution in [2.24, 2.45) is 5.92 Å². The van der Waals surface area contributed by atoms with Gasteiger partial charge in [-0.05, 0) is 62.9 Å². The average Bonchev–Trinajstić information content (AvgIpc) is 3.21. The fourth-order valence-electron chi connectivity index (χ4n) is 3.78. The van der Waals surface area contributed by atoms with Crippen LogP contribution in [0.15, 0.2) is 24.3 Å². The molecule has 2 amide bonds. The highest BCUT2D eigenvalue weighted by molar-refractivity contribution is 5.94. The van der Waals surface area contributed by atoms with E-state index in [4.69, 9.17) is 0 Å². The first kappa shape index (κ1) is 20.6. The number of alkyl halides is 3. The number of piperidine rings is 1. The SMILES string of the molecule is O=C(NCC1CCN(CC(=O)N2CCCC2)CC1)c1cccc(C(F)(F)F)c1. The summed E-state index contributed by atoms with van der Waals surface area (Å²) in [6, 6.07) is 4.46. The van der Waals surface area contributed by atoms with Gasteiger partial charge in [0.05, 0.1) is 12.1 Å². The van der Waals surface area contributed by atoms with E-state index in [0.29, 0.717) is 13.1 Å². The molecule has 0 aromatic heterocycles. The molecule has 5 nitrogen and oxygen atoms in total. The maximum Gasteiger partial charge on any atom is 0.416 e. The molecule has 0 atom stereocenters. The van der Waals surface area contributed by atoms with E-state index in [0.717, 1.165) is 64.0 Å². The third-order valence-electron chi connectivity index (χ3n) is 5.53. The molecular weight excluding hydrogens is 371 g/mol. The Labute approximate surface area is 162 Å². The Balaban J connectivity index is 1.41. The second-order valence-electron chi connectivity index (χ2n) is 7.60. The number of likely N-dealkylation sites (tertiary alicyclic amines) is 2. The number of nitrogens with one attached hydrogen (secondary N) is 1. The smallest absolute Gasteiger partial charge is 0.352 e. The first-order valence-electron chi connectivity index (χ1n) is 9.78. The predicted molar refractivity (Wildman–Crippen MR) is 98.8 cm³/mol. The van der Waals surface area contributed by atoms with Crippen LogP contribution in [0.4, 0.5) is 13.2 Å². The Bertz CT molecular complexity index is 694. The van der Waals surface area contributed by atoms with Gasteiger partial charge in [0.1, 0.15) is 0 Å². The highest BCUT2D eigenvalue weighted by Gasteiger charge is 2.31. The van der Waals surface area contributed by atoms with Crippen LogP contribution in [-0.4, -0.2) is 60.9 Å². The number of carbonyl (C=O) groups is 2. The van der Waals surface area contributed by atoms with Crippen molar-refractivity contribution in [3.05, 3.63) is 35.4 Å². The topological polar surface area (TPSA) is 52.7 Å². The molecule has 2 aliphatic rings. The largest absolute Gasteiger partial charge is 0.416 e. The standard InChI is InChI=1S/C20H26F3N3O2/c21-20(22,23)17-5-3-4-16(12-17)19(28)24-13-15-6-10-25(11-7-15)14-18(27)26-8-1-2-9-26/h3-5,12,15H,1-2,6-11,13-14H2,(H,24,28). The van der Waals surface area contributed by atoms with E-state index in [1.807, 2.05) is 4.90 Å². The van der Waals surface area contributed by atoms with Gasteiger partial charge in [0.25, 0.3) is 5.91 Å². The van der Waals surface area contributed by atoms with Crippen LogP contribution in [0.5, 0.6) is 0 Å². The number of halogens is 3. The van der Waals surface area contributed by atoms with Crippen LogP contribution in [0.2, 0.25) is 0 Å². The third kappa shape index (κ3) is 5.47.